The second kappa shape index (κ2) is 7.71. The third-order valence-electron chi connectivity index (χ3n) is 4.09. The highest BCUT2D eigenvalue weighted by Crippen LogP contribution is 2.27. The van der Waals surface area contributed by atoms with Crippen LogP contribution in [0.4, 0.5) is 11.4 Å². The number of carbonyl (C=O) groups is 1. The number of nitrogens with one attached hydrogen (secondary N) is 1. The SMILES string of the molecule is CCOc1ccc(C(=O)Nc2ccc(N3CCCC3)cc2)cc1Br. The second-order valence-electron chi connectivity index (χ2n) is 5.77. The van der Waals surface area contributed by atoms with Crippen molar-refractivity contribution in [2.45, 2.75) is 19.8 Å². The summed E-state index contributed by atoms with van der Waals surface area (Å²) in [7, 11) is 0. The van der Waals surface area contributed by atoms with E-state index in [9.17, 15) is 4.79 Å². The lowest BCUT2D eigenvalue weighted by Gasteiger charge is -2.17. The number of rotatable bonds is 5. The molecule has 0 radical (unpaired) electrons. The van der Waals surface area contributed by atoms with Crippen LogP contribution in [0.15, 0.2) is 46.9 Å². The normalized spacial score (nSPS) is 13.8. The van der Waals surface area contributed by atoms with Gasteiger partial charge in [-0.2, -0.15) is 0 Å². The molecule has 4 nitrogen and oxygen atoms in total. The van der Waals surface area contributed by atoms with Crippen LogP contribution in [0.3, 0.4) is 0 Å². The summed E-state index contributed by atoms with van der Waals surface area (Å²) in [6.07, 6.45) is 2.51. The van der Waals surface area contributed by atoms with E-state index in [-0.39, 0.29) is 5.91 Å². The first kappa shape index (κ1) is 16.8. The summed E-state index contributed by atoms with van der Waals surface area (Å²) in [5.41, 5.74) is 2.61. The largest absolute Gasteiger partial charge is 0.493 e. The topological polar surface area (TPSA) is 41.6 Å². The maximum atomic E-state index is 12.4. The Labute approximate surface area is 150 Å². The lowest BCUT2D eigenvalue weighted by molar-refractivity contribution is 0.102. The molecule has 0 unspecified atom stereocenters. The van der Waals surface area contributed by atoms with Crippen LogP contribution in [0.5, 0.6) is 5.75 Å². The monoisotopic (exact) mass is 388 g/mol. The molecule has 126 valence electrons. The highest BCUT2D eigenvalue weighted by Gasteiger charge is 2.13. The molecule has 0 saturated carbocycles. The smallest absolute Gasteiger partial charge is 0.255 e. The highest BCUT2D eigenvalue weighted by molar-refractivity contribution is 9.10. The van der Waals surface area contributed by atoms with Crippen molar-refractivity contribution in [1.29, 1.82) is 0 Å². The average molecular weight is 389 g/mol. The Hall–Kier alpha value is -2.01. The van der Waals surface area contributed by atoms with Crippen LogP contribution in [-0.4, -0.2) is 25.6 Å². The van der Waals surface area contributed by atoms with Gasteiger partial charge in [-0.15, -0.1) is 0 Å². The standard InChI is InChI=1S/C19H21BrN2O2/c1-2-24-18-10-5-14(13-17(18)20)19(23)21-15-6-8-16(9-7-15)22-11-3-4-12-22/h5-10,13H,2-4,11-12H2,1H3,(H,21,23). The molecule has 1 heterocycles. The van der Waals surface area contributed by atoms with Crippen LogP contribution in [-0.2, 0) is 0 Å². The number of ether oxygens (including phenoxy) is 1. The molecule has 1 aliphatic heterocycles. The molecule has 1 aliphatic rings. The first-order chi connectivity index (χ1) is 11.7. The van der Waals surface area contributed by atoms with Crippen LogP contribution < -0.4 is 15.0 Å². The summed E-state index contributed by atoms with van der Waals surface area (Å²) in [6, 6.07) is 13.4. The Bertz CT molecular complexity index is 710. The van der Waals surface area contributed by atoms with Crippen molar-refractivity contribution >= 4 is 33.2 Å². The van der Waals surface area contributed by atoms with Crippen molar-refractivity contribution < 1.29 is 9.53 Å². The van der Waals surface area contributed by atoms with Crippen LogP contribution >= 0.6 is 15.9 Å². The molecule has 1 amide bonds. The molecule has 0 bridgehead atoms. The number of nitrogens with zero attached hydrogens (tertiary/aromatic N) is 1. The quantitative estimate of drug-likeness (QED) is 0.806. The average Bonchev–Trinajstić information content (AvgIpc) is 3.12. The van der Waals surface area contributed by atoms with Crippen LogP contribution in [0.2, 0.25) is 0 Å². The van der Waals surface area contributed by atoms with E-state index in [1.807, 2.05) is 19.1 Å². The highest BCUT2D eigenvalue weighted by atomic mass is 79.9. The van der Waals surface area contributed by atoms with E-state index in [1.54, 1.807) is 18.2 Å². The molecule has 1 saturated heterocycles. The van der Waals surface area contributed by atoms with Gasteiger partial charge in [-0.05, 0) is 78.2 Å². The van der Waals surface area contributed by atoms with Crippen molar-refractivity contribution in [3.05, 3.63) is 52.5 Å². The van der Waals surface area contributed by atoms with Gasteiger partial charge in [-0.1, -0.05) is 0 Å². The van der Waals surface area contributed by atoms with E-state index >= 15 is 0 Å². The van der Waals surface area contributed by atoms with Crippen molar-refractivity contribution in [1.82, 2.24) is 0 Å². The molecular formula is C19H21BrN2O2. The Morgan fingerprint density at radius 3 is 2.50 bits per heavy atom. The van der Waals surface area contributed by atoms with Crippen molar-refractivity contribution in [3.8, 4) is 5.75 Å². The minimum absolute atomic E-state index is 0.132. The van der Waals surface area contributed by atoms with E-state index in [0.717, 1.165) is 29.0 Å². The fourth-order valence-corrected chi connectivity index (χ4v) is 3.34. The number of anilines is 2. The molecule has 0 atom stereocenters. The number of hydrogen-bond donors (Lipinski definition) is 1. The van der Waals surface area contributed by atoms with Crippen molar-refractivity contribution in [2.75, 3.05) is 29.9 Å². The lowest BCUT2D eigenvalue weighted by atomic mass is 10.2. The summed E-state index contributed by atoms with van der Waals surface area (Å²) in [6.45, 7) is 4.75. The summed E-state index contributed by atoms with van der Waals surface area (Å²) in [4.78, 5) is 14.8. The minimum atomic E-state index is -0.132. The zero-order valence-corrected chi connectivity index (χ0v) is 15.3. The van der Waals surface area contributed by atoms with Gasteiger partial charge >= 0.3 is 0 Å². The van der Waals surface area contributed by atoms with Gasteiger partial charge in [0.25, 0.3) is 5.91 Å². The Morgan fingerprint density at radius 2 is 1.88 bits per heavy atom. The molecular weight excluding hydrogens is 368 g/mol. The van der Waals surface area contributed by atoms with Crippen molar-refractivity contribution in [3.63, 3.8) is 0 Å². The van der Waals surface area contributed by atoms with E-state index in [0.29, 0.717) is 12.2 Å². The first-order valence-electron chi connectivity index (χ1n) is 8.26. The minimum Gasteiger partial charge on any atom is -0.493 e. The molecule has 0 aliphatic carbocycles. The zero-order chi connectivity index (χ0) is 16.9. The maximum Gasteiger partial charge on any atom is 0.255 e. The van der Waals surface area contributed by atoms with Crippen LogP contribution in [0, 0.1) is 0 Å². The summed E-state index contributed by atoms with van der Waals surface area (Å²) < 4.78 is 6.25. The predicted octanol–water partition coefficient (Wildman–Crippen LogP) is 4.70. The second-order valence-corrected chi connectivity index (χ2v) is 6.63. The van der Waals surface area contributed by atoms with E-state index in [2.05, 4.69) is 38.3 Å². The third-order valence-corrected chi connectivity index (χ3v) is 4.71. The number of benzene rings is 2. The maximum absolute atomic E-state index is 12.4. The summed E-state index contributed by atoms with van der Waals surface area (Å²) in [5.74, 6) is 0.608. The number of hydrogen-bond acceptors (Lipinski definition) is 3. The fourth-order valence-electron chi connectivity index (χ4n) is 2.85. The molecule has 2 aromatic carbocycles. The van der Waals surface area contributed by atoms with Gasteiger partial charge in [-0.25, -0.2) is 0 Å². The van der Waals surface area contributed by atoms with Gasteiger partial charge < -0.3 is 15.0 Å². The first-order valence-corrected chi connectivity index (χ1v) is 9.05. The van der Waals surface area contributed by atoms with E-state index in [4.69, 9.17) is 4.74 Å². The van der Waals surface area contributed by atoms with Crippen LogP contribution in [0.1, 0.15) is 30.1 Å². The van der Waals surface area contributed by atoms with Gasteiger partial charge in [0.15, 0.2) is 0 Å². The summed E-state index contributed by atoms with van der Waals surface area (Å²) in [5, 5.41) is 2.94. The Kier molecular flexibility index (Phi) is 5.41. The van der Waals surface area contributed by atoms with Gasteiger partial charge in [0.1, 0.15) is 5.75 Å². The molecule has 0 spiro atoms. The number of amides is 1. The molecule has 1 fully saturated rings. The van der Waals surface area contributed by atoms with E-state index in [1.165, 1.54) is 18.5 Å². The predicted molar refractivity (Wildman–Crippen MR) is 101 cm³/mol. The van der Waals surface area contributed by atoms with E-state index < -0.39 is 0 Å². The molecule has 3 rings (SSSR count). The lowest BCUT2D eigenvalue weighted by Crippen LogP contribution is -2.17. The van der Waals surface area contributed by atoms with Gasteiger partial charge in [0.2, 0.25) is 0 Å². The van der Waals surface area contributed by atoms with Gasteiger partial charge in [0.05, 0.1) is 11.1 Å². The van der Waals surface area contributed by atoms with Crippen molar-refractivity contribution in [2.24, 2.45) is 0 Å². The Morgan fingerprint density at radius 1 is 1.17 bits per heavy atom. The number of halogens is 1. The molecule has 1 N–H and O–H groups in total. The van der Waals surface area contributed by atoms with Gasteiger partial charge in [-0.3, -0.25) is 4.79 Å². The molecule has 2 aromatic rings. The molecule has 0 aromatic heterocycles. The van der Waals surface area contributed by atoms with Crippen LogP contribution in [0.25, 0.3) is 0 Å². The summed E-state index contributed by atoms with van der Waals surface area (Å²) >= 11 is 3.44. The zero-order valence-electron chi connectivity index (χ0n) is 13.7. The molecule has 24 heavy (non-hydrogen) atoms. The third kappa shape index (κ3) is 3.90. The molecule has 5 heteroatoms. The Balaban J connectivity index is 1.66. The van der Waals surface area contributed by atoms with Gasteiger partial charge in [0, 0.05) is 30.0 Å². The number of carbonyl (C=O) groups excluding carboxylic acids is 1. The fraction of sp³-hybridized carbons (Fsp3) is 0.316.